The third kappa shape index (κ3) is 3.83. The number of rotatable bonds is 5. The third-order valence-electron chi connectivity index (χ3n) is 4.62. The standard InChI is InChI=1S/C16H29N3O/c1-12(2)9-16(20)14-5-7-19(8-6-14)11-15-10-17-18(4)13(15)3/h10,12,14,16,20H,5-9,11H2,1-4H3. The van der Waals surface area contributed by atoms with Gasteiger partial charge in [0.05, 0.1) is 12.3 Å². The lowest BCUT2D eigenvalue weighted by atomic mass is 9.87. The first-order valence-electron chi connectivity index (χ1n) is 7.85. The highest BCUT2D eigenvalue weighted by Crippen LogP contribution is 2.25. The molecule has 1 aliphatic rings. The molecule has 1 N–H and O–H groups in total. The molecule has 1 aromatic heterocycles. The molecule has 0 saturated carbocycles. The topological polar surface area (TPSA) is 41.3 Å². The quantitative estimate of drug-likeness (QED) is 0.899. The number of likely N-dealkylation sites (tertiary alicyclic amines) is 1. The van der Waals surface area contributed by atoms with Crippen LogP contribution in [0.2, 0.25) is 0 Å². The largest absolute Gasteiger partial charge is 0.393 e. The fourth-order valence-electron chi connectivity index (χ4n) is 3.11. The number of hydrogen-bond acceptors (Lipinski definition) is 3. The van der Waals surface area contributed by atoms with Gasteiger partial charge in [-0.1, -0.05) is 13.8 Å². The molecule has 0 radical (unpaired) electrons. The molecule has 0 aliphatic carbocycles. The molecule has 1 aliphatic heterocycles. The van der Waals surface area contributed by atoms with Crippen LogP contribution >= 0.6 is 0 Å². The zero-order chi connectivity index (χ0) is 14.7. The Morgan fingerprint density at radius 2 is 2.00 bits per heavy atom. The maximum Gasteiger partial charge on any atom is 0.0571 e. The summed E-state index contributed by atoms with van der Waals surface area (Å²) in [7, 11) is 1.99. The molecule has 0 spiro atoms. The number of aliphatic hydroxyl groups is 1. The van der Waals surface area contributed by atoms with Crippen molar-refractivity contribution in [1.29, 1.82) is 0 Å². The van der Waals surface area contributed by atoms with Crippen LogP contribution in [0.1, 0.15) is 44.4 Å². The van der Waals surface area contributed by atoms with Gasteiger partial charge in [-0.05, 0) is 51.1 Å². The lowest BCUT2D eigenvalue weighted by Gasteiger charge is -2.34. The van der Waals surface area contributed by atoms with Crippen molar-refractivity contribution in [2.45, 2.75) is 52.7 Å². The lowest BCUT2D eigenvalue weighted by molar-refractivity contribution is 0.0436. The Morgan fingerprint density at radius 1 is 1.35 bits per heavy atom. The summed E-state index contributed by atoms with van der Waals surface area (Å²) >= 11 is 0. The van der Waals surface area contributed by atoms with E-state index in [1.165, 1.54) is 11.3 Å². The van der Waals surface area contributed by atoms with Gasteiger partial charge in [0.2, 0.25) is 0 Å². The van der Waals surface area contributed by atoms with Crippen LogP contribution in [0.3, 0.4) is 0 Å². The molecule has 1 atom stereocenters. The molecule has 1 saturated heterocycles. The second-order valence-electron chi connectivity index (χ2n) is 6.69. The van der Waals surface area contributed by atoms with E-state index >= 15 is 0 Å². The Labute approximate surface area is 122 Å². The Balaban J connectivity index is 1.81. The average Bonchev–Trinajstić information content (AvgIpc) is 2.71. The van der Waals surface area contributed by atoms with Gasteiger partial charge in [-0.3, -0.25) is 9.58 Å². The summed E-state index contributed by atoms with van der Waals surface area (Å²) < 4.78 is 1.94. The van der Waals surface area contributed by atoms with E-state index in [2.05, 4.69) is 30.8 Å². The van der Waals surface area contributed by atoms with Crippen molar-refractivity contribution in [2.75, 3.05) is 13.1 Å². The van der Waals surface area contributed by atoms with Gasteiger partial charge in [-0.2, -0.15) is 5.10 Å². The number of aromatic nitrogens is 2. The number of aryl methyl sites for hydroxylation is 1. The van der Waals surface area contributed by atoms with Crippen LogP contribution in [-0.2, 0) is 13.6 Å². The minimum atomic E-state index is -0.114. The minimum Gasteiger partial charge on any atom is -0.393 e. The van der Waals surface area contributed by atoms with E-state index in [-0.39, 0.29) is 6.10 Å². The van der Waals surface area contributed by atoms with Gasteiger partial charge in [0.1, 0.15) is 0 Å². The van der Waals surface area contributed by atoms with Crippen molar-refractivity contribution in [1.82, 2.24) is 14.7 Å². The summed E-state index contributed by atoms with van der Waals surface area (Å²) in [6.07, 6.45) is 5.04. The lowest BCUT2D eigenvalue weighted by Crippen LogP contribution is -2.37. The molecule has 114 valence electrons. The SMILES string of the molecule is Cc1c(CN2CCC(C(O)CC(C)C)CC2)cnn1C. The molecule has 0 aromatic carbocycles. The van der Waals surface area contributed by atoms with E-state index in [1.54, 1.807) is 0 Å². The molecule has 0 bridgehead atoms. The first-order chi connectivity index (χ1) is 9.47. The van der Waals surface area contributed by atoms with Gasteiger partial charge >= 0.3 is 0 Å². The summed E-state index contributed by atoms with van der Waals surface area (Å²) in [5.74, 6) is 1.07. The van der Waals surface area contributed by atoms with Crippen molar-refractivity contribution in [3.05, 3.63) is 17.5 Å². The number of aliphatic hydroxyl groups excluding tert-OH is 1. The molecular formula is C16H29N3O. The molecule has 20 heavy (non-hydrogen) atoms. The van der Waals surface area contributed by atoms with Crippen LogP contribution in [0.5, 0.6) is 0 Å². The van der Waals surface area contributed by atoms with Gasteiger partial charge in [0.25, 0.3) is 0 Å². The predicted molar refractivity (Wildman–Crippen MR) is 81.4 cm³/mol. The summed E-state index contributed by atoms with van der Waals surface area (Å²) in [6.45, 7) is 9.67. The smallest absolute Gasteiger partial charge is 0.0571 e. The summed E-state index contributed by atoms with van der Waals surface area (Å²) in [5, 5.41) is 14.5. The molecule has 2 heterocycles. The van der Waals surface area contributed by atoms with Crippen LogP contribution in [-0.4, -0.2) is 39.0 Å². The zero-order valence-corrected chi connectivity index (χ0v) is 13.3. The second-order valence-corrected chi connectivity index (χ2v) is 6.69. The van der Waals surface area contributed by atoms with Crippen molar-refractivity contribution < 1.29 is 5.11 Å². The third-order valence-corrected chi connectivity index (χ3v) is 4.62. The molecule has 1 fully saturated rings. The van der Waals surface area contributed by atoms with E-state index < -0.39 is 0 Å². The van der Waals surface area contributed by atoms with E-state index in [0.29, 0.717) is 11.8 Å². The van der Waals surface area contributed by atoms with E-state index in [0.717, 1.165) is 38.9 Å². The summed E-state index contributed by atoms with van der Waals surface area (Å²) in [5.41, 5.74) is 2.58. The Morgan fingerprint density at radius 3 is 2.50 bits per heavy atom. The van der Waals surface area contributed by atoms with E-state index in [9.17, 15) is 5.11 Å². The number of piperidine rings is 1. The number of hydrogen-bond donors (Lipinski definition) is 1. The second kappa shape index (κ2) is 6.72. The average molecular weight is 279 g/mol. The Kier molecular flexibility index (Phi) is 5.22. The molecule has 4 heteroatoms. The fraction of sp³-hybridized carbons (Fsp3) is 0.812. The normalized spacial score (nSPS) is 19.7. The van der Waals surface area contributed by atoms with Crippen molar-refractivity contribution in [2.24, 2.45) is 18.9 Å². The Hall–Kier alpha value is -0.870. The predicted octanol–water partition coefficient (Wildman–Crippen LogP) is 2.35. The summed E-state index contributed by atoms with van der Waals surface area (Å²) in [4.78, 5) is 2.49. The van der Waals surface area contributed by atoms with E-state index in [1.807, 2.05) is 17.9 Å². The molecule has 4 nitrogen and oxygen atoms in total. The Bertz CT molecular complexity index is 419. The molecule has 0 amide bonds. The number of nitrogens with zero attached hydrogens (tertiary/aromatic N) is 3. The zero-order valence-electron chi connectivity index (χ0n) is 13.3. The molecule has 1 unspecified atom stereocenters. The monoisotopic (exact) mass is 279 g/mol. The van der Waals surface area contributed by atoms with Gasteiger partial charge in [-0.25, -0.2) is 0 Å². The van der Waals surface area contributed by atoms with Gasteiger partial charge < -0.3 is 5.11 Å². The molecule has 1 aromatic rings. The van der Waals surface area contributed by atoms with Crippen molar-refractivity contribution in [3.63, 3.8) is 0 Å². The van der Waals surface area contributed by atoms with Gasteiger partial charge in [-0.15, -0.1) is 0 Å². The molecular weight excluding hydrogens is 250 g/mol. The van der Waals surface area contributed by atoms with Gasteiger partial charge in [0, 0.05) is 24.8 Å². The van der Waals surface area contributed by atoms with Crippen molar-refractivity contribution >= 4 is 0 Å². The van der Waals surface area contributed by atoms with E-state index in [4.69, 9.17) is 0 Å². The van der Waals surface area contributed by atoms with Crippen LogP contribution in [0.4, 0.5) is 0 Å². The maximum absolute atomic E-state index is 10.2. The fourth-order valence-corrected chi connectivity index (χ4v) is 3.11. The molecule has 2 rings (SSSR count). The highest BCUT2D eigenvalue weighted by atomic mass is 16.3. The maximum atomic E-state index is 10.2. The highest BCUT2D eigenvalue weighted by molar-refractivity contribution is 5.15. The van der Waals surface area contributed by atoms with Crippen LogP contribution in [0, 0.1) is 18.8 Å². The van der Waals surface area contributed by atoms with Crippen LogP contribution < -0.4 is 0 Å². The summed E-state index contributed by atoms with van der Waals surface area (Å²) in [6, 6.07) is 0. The van der Waals surface area contributed by atoms with Gasteiger partial charge in [0.15, 0.2) is 0 Å². The minimum absolute atomic E-state index is 0.114. The van der Waals surface area contributed by atoms with Crippen LogP contribution in [0.25, 0.3) is 0 Å². The first-order valence-corrected chi connectivity index (χ1v) is 7.85. The highest BCUT2D eigenvalue weighted by Gasteiger charge is 2.26. The van der Waals surface area contributed by atoms with Crippen molar-refractivity contribution in [3.8, 4) is 0 Å². The van der Waals surface area contributed by atoms with Crippen LogP contribution in [0.15, 0.2) is 6.20 Å². The first kappa shape index (κ1) is 15.5.